The molecule has 5 nitrogen and oxygen atoms in total. The third-order valence-corrected chi connectivity index (χ3v) is 2.80. The number of carboxylic acid groups (broad SMARTS) is 1. The molecule has 1 rings (SSSR count). The summed E-state index contributed by atoms with van der Waals surface area (Å²) in [5.74, 6) is -0.830. The molecule has 1 aliphatic heterocycles. The molecule has 2 N–H and O–H groups in total. The molecule has 0 spiro atoms. The van der Waals surface area contributed by atoms with Crippen LogP contribution in [0.3, 0.4) is 0 Å². The van der Waals surface area contributed by atoms with Crippen molar-refractivity contribution >= 4 is 12.0 Å². The van der Waals surface area contributed by atoms with Gasteiger partial charge in [-0.1, -0.05) is 0 Å². The molecular formula is C11H20N2O3. The Morgan fingerprint density at radius 2 is 1.88 bits per heavy atom. The number of hydrogen-bond donors (Lipinski definition) is 2. The van der Waals surface area contributed by atoms with E-state index in [2.05, 4.69) is 5.32 Å². The van der Waals surface area contributed by atoms with Crippen molar-refractivity contribution in [1.82, 2.24) is 10.2 Å². The predicted octanol–water partition coefficient (Wildman–Crippen LogP) is 1.44. The van der Waals surface area contributed by atoms with Gasteiger partial charge in [0.25, 0.3) is 0 Å². The number of aliphatic carboxylic acids is 1. The van der Waals surface area contributed by atoms with E-state index in [1.807, 2.05) is 13.8 Å². The second-order valence-electron chi connectivity index (χ2n) is 4.90. The molecule has 0 saturated carbocycles. The Balaban J connectivity index is 2.38. The molecule has 1 aliphatic rings. The van der Waals surface area contributed by atoms with E-state index in [1.54, 1.807) is 4.90 Å². The number of carbonyl (C=O) groups excluding carboxylic acids is 1. The van der Waals surface area contributed by atoms with Crippen molar-refractivity contribution in [2.75, 3.05) is 13.1 Å². The van der Waals surface area contributed by atoms with Crippen LogP contribution in [0.1, 0.15) is 39.5 Å². The quantitative estimate of drug-likeness (QED) is 0.764. The van der Waals surface area contributed by atoms with Gasteiger partial charge in [0.05, 0.1) is 0 Å². The number of amides is 2. The monoisotopic (exact) mass is 228 g/mol. The van der Waals surface area contributed by atoms with Crippen molar-refractivity contribution < 1.29 is 14.7 Å². The predicted molar refractivity (Wildman–Crippen MR) is 60.3 cm³/mol. The second kappa shape index (κ2) is 5.18. The number of carboxylic acids is 1. The Morgan fingerprint density at radius 3 is 2.38 bits per heavy atom. The molecule has 16 heavy (non-hydrogen) atoms. The van der Waals surface area contributed by atoms with Crippen LogP contribution in [0.4, 0.5) is 4.79 Å². The second-order valence-corrected chi connectivity index (χ2v) is 4.90. The maximum Gasteiger partial charge on any atom is 0.317 e. The van der Waals surface area contributed by atoms with Crippen molar-refractivity contribution in [1.29, 1.82) is 0 Å². The van der Waals surface area contributed by atoms with Crippen molar-refractivity contribution in [2.45, 2.75) is 45.1 Å². The first-order valence-electron chi connectivity index (χ1n) is 5.70. The zero-order valence-electron chi connectivity index (χ0n) is 9.95. The Kier molecular flexibility index (Phi) is 4.15. The summed E-state index contributed by atoms with van der Waals surface area (Å²) in [6.45, 7) is 5.31. The third kappa shape index (κ3) is 4.08. The van der Waals surface area contributed by atoms with Crippen molar-refractivity contribution in [3.05, 3.63) is 0 Å². The van der Waals surface area contributed by atoms with Crippen LogP contribution >= 0.6 is 0 Å². The van der Waals surface area contributed by atoms with Gasteiger partial charge >= 0.3 is 12.0 Å². The van der Waals surface area contributed by atoms with E-state index in [4.69, 9.17) is 5.11 Å². The van der Waals surface area contributed by atoms with Gasteiger partial charge in [0.2, 0.25) is 0 Å². The van der Waals surface area contributed by atoms with Crippen LogP contribution in [0.2, 0.25) is 0 Å². The van der Waals surface area contributed by atoms with Gasteiger partial charge in [0, 0.05) is 25.0 Å². The van der Waals surface area contributed by atoms with Crippen LogP contribution in [-0.2, 0) is 4.79 Å². The standard InChI is InChI=1S/C11H20N2O3/c1-11(2,6-5-9(14)15)12-10(16)13-7-3-4-8-13/h3-8H2,1-2H3,(H,12,16)(H,14,15). The summed E-state index contributed by atoms with van der Waals surface area (Å²) in [7, 11) is 0. The van der Waals surface area contributed by atoms with Gasteiger partial charge in [-0.05, 0) is 33.1 Å². The van der Waals surface area contributed by atoms with E-state index in [1.165, 1.54) is 0 Å². The first-order valence-corrected chi connectivity index (χ1v) is 5.70. The number of rotatable bonds is 4. The van der Waals surface area contributed by atoms with E-state index >= 15 is 0 Å². The summed E-state index contributed by atoms with van der Waals surface area (Å²) in [6.07, 6.45) is 2.64. The number of carbonyl (C=O) groups is 2. The largest absolute Gasteiger partial charge is 0.481 e. The molecule has 0 aromatic heterocycles. The minimum Gasteiger partial charge on any atom is -0.481 e. The molecule has 1 saturated heterocycles. The minimum atomic E-state index is -0.830. The van der Waals surface area contributed by atoms with Crippen molar-refractivity contribution in [3.8, 4) is 0 Å². The summed E-state index contributed by atoms with van der Waals surface area (Å²) < 4.78 is 0. The molecule has 1 fully saturated rings. The molecule has 5 heteroatoms. The fourth-order valence-corrected chi connectivity index (χ4v) is 1.77. The van der Waals surface area contributed by atoms with Crippen LogP contribution in [0.15, 0.2) is 0 Å². The average molecular weight is 228 g/mol. The van der Waals surface area contributed by atoms with Gasteiger partial charge < -0.3 is 15.3 Å². The highest BCUT2D eigenvalue weighted by Crippen LogP contribution is 2.14. The molecular weight excluding hydrogens is 208 g/mol. The fourth-order valence-electron chi connectivity index (χ4n) is 1.77. The Hall–Kier alpha value is -1.26. The zero-order valence-corrected chi connectivity index (χ0v) is 9.95. The Bertz CT molecular complexity index is 270. The highest BCUT2D eigenvalue weighted by Gasteiger charge is 2.25. The Labute approximate surface area is 95.8 Å². The first-order chi connectivity index (χ1) is 7.41. The average Bonchev–Trinajstić information content (AvgIpc) is 2.67. The lowest BCUT2D eigenvalue weighted by atomic mass is 9.99. The van der Waals surface area contributed by atoms with Crippen molar-refractivity contribution in [3.63, 3.8) is 0 Å². The van der Waals surface area contributed by atoms with E-state index in [0.29, 0.717) is 6.42 Å². The molecule has 0 aromatic rings. The van der Waals surface area contributed by atoms with Gasteiger partial charge in [-0.3, -0.25) is 4.79 Å². The number of urea groups is 1. The van der Waals surface area contributed by atoms with Gasteiger partial charge in [-0.15, -0.1) is 0 Å². The molecule has 0 bridgehead atoms. The SMILES string of the molecule is CC(C)(CCC(=O)O)NC(=O)N1CCCC1. The van der Waals surface area contributed by atoms with Crippen LogP contribution in [0, 0.1) is 0 Å². The van der Waals surface area contributed by atoms with Gasteiger partial charge in [0.1, 0.15) is 0 Å². The summed E-state index contributed by atoms with van der Waals surface area (Å²) in [5.41, 5.74) is -0.460. The van der Waals surface area contributed by atoms with Gasteiger partial charge in [-0.2, -0.15) is 0 Å². The van der Waals surface area contributed by atoms with Gasteiger partial charge in [-0.25, -0.2) is 4.79 Å². The summed E-state index contributed by atoms with van der Waals surface area (Å²) >= 11 is 0. The maximum absolute atomic E-state index is 11.8. The lowest BCUT2D eigenvalue weighted by molar-refractivity contribution is -0.137. The van der Waals surface area contributed by atoms with Gasteiger partial charge in [0.15, 0.2) is 0 Å². The topological polar surface area (TPSA) is 69.6 Å². The molecule has 1 heterocycles. The molecule has 92 valence electrons. The highest BCUT2D eigenvalue weighted by atomic mass is 16.4. The lowest BCUT2D eigenvalue weighted by Gasteiger charge is -2.28. The Morgan fingerprint density at radius 1 is 1.31 bits per heavy atom. The highest BCUT2D eigenvalue weighted by molar-refractivity contribution is 5.75. The molecule has 0 aromatic carbocycles. The first kappa shape index (κ1) is 12.8. The van der Waals surface area contributed by atoms with Crippen LogP contribution < -0.4 is 5.32 Å². The lowest BCUT2D eigenvalue weighted by Crippen LogP contribution is -2.49. The molecule has 0 aliphatic carbocycles. The zero-order chi connectivity index (χ0) is 12.2. The van der Waals surface area contributed by atoms with Crippen LogP contribution in [0.25, 0.3) is 0 Å². The summed E-state index contributed by atoms with van der Waals surface area (Å²) in [6, 6.07) is -0.0760. The maximum atomic E-state index is 11.8. The number of likely N-dealkylation sites (tertiary alicyclic amines) is 1. The summed E-state index contributed by atoms with van der Waals surface area (Å²) in [5, 5.41) is 11.5. The number of hydrogen-bond acceptors (Lipinski definition) is 2. The van der Waals surface area contributed by atoms with Crippen LogP contribution in [0.5, 0.6) is 0 Å². The van der Waals surface area contributed by atoms with E-state index in [9.17, 15) is 9.59 Å². The fraction of sp³-hybridized carbons (Fsp3) is 0.818. The summed E-state index contributed by atoms with van der Waals surface area (Å²) in [4.78, 5) is 24.0. The van der Waals surface area contributed by atoms with E-state index in [-0.39, 0.29) is 12.5 Å². The molecule has 0 atom stereocenters. The molecule has 0 radical (unpaired) electrons. The number of nitrogens with zero attached hydrogens (tertiary/aromatic N) is 1. The molecule has 2 amide bonds. The number of nitrogens with one attached hydrogen (secondary N) is 1. The van der Waals surface area contributed by atoms with E-state index in [0.717, 1.165) is 25.9 Å². The third-order valence-electron chi connectivity index (χ3n) is 2.80. The minimum absolute atomic E-state index is 0.0760. The van der Waals surface area contributed by atoms with E-state index < -0.39 is 11.5 Å². The van der Waals surface area contributed by atoms with Crippen LogP contribution in [-0.4, -0.2) is 40.6 Å². The normalized spacial score (nSPS) is 16.2. The smallest absolute Gasteiger partial charge is 0.317 e. The van der Waals surface area contributed by atoms with Crippen molar-refractivity contribution in [2.24, 2.45) is 0 Å². The molecule has 0 unspecified atom stereocenters.